The molecule has 122 valence electrons. The third kappa shape index (κ3) is 4.68. The van der Waals surface area contributed by atoms with Crippen LogP contribution in [-0.2, 0) is 4.79 Å². The number of aliphatic carboxylic acids is 1. The second kappa shape index (κ2) is 7.10. The number of nitrogens with one attached hydrogen (secondary N) is 1. The van der Waals surface area contributed by atoms with E-state index in [2.05, 4.69) is 24.1 Å². The van der Waals surface area contributed by atoms with Crippen LogP contribution in [-0.4, -0.2) is 46.2 Å². The summed E-state index contributed by atoms with van der Waals surface area (Å²) in [4.78, 5) is 14.1. The Kier molecular flexibility index (Phi) is 5.67. The molecule has 21 heavy (non-hydrogen) atoms. The average molecular weight is 296 g/mol. The Hall–Kier alpha value is -0.610. The van der Waals surface area contributed by atoms with Gasteiger partial charge >= 0.3 is 5.97 Å². The number of likely N-dealkylation sites (tertiary alicyclic amines) is 1. The summed E-state index contributed by atoms with van der Waals surface area (Å²) in [5, 5.41) is 12.8. The normalized spacial score (nSPS) is 30.0. The van der Waals surface area contributed by atoms with Crippen LogP contribution in [0.25, 0.3) is 0 Å². The van der Waals surface area contributed by atoms with Crippen LogP contribution in [0.3, 0.4) is 0 Å². The summed E-state index contributed by atoms with van der Waals surface area (Å²) in [6.45, 7) is 7.61. The minimum Gasteiger partial charge on any atom is -0.480 e. The Morgan fingerprint density at radius 3 is 2.33 bits per heavy atom. The third-order valence-electron chi connectivity index (χ3n) is 5.29. The molecule has 1 unspecified atom stereocenters. The minimum absolute atomic E-state index is 0.438. The fourth-order valence-electron chi connectivity index (χ4n) is 3.61. The standard InChI is InChI=1S/C17H32N2O2/c1-13-7-6-8-14(2)19(13)12-5-4-11-17(3,16(20)21)18-15-9-10-15/h13-15,18H,4-12H2,1-3H3,(H,20,21)/t13-,14+,17?. The van der Waals surface area contributed by atoms with Gasteiger partial charge in [0.05, 0.1) is 0 Å². The summed E-state index contributed by atoms with van der Waals surface area (Å²) in [5.74, 6) is -0.700. The van der Waals surface area contributed by atoms with Crippen LogP contribution < -0.4 is 5.32 Å². The second-order valence-electron chi connectivity index (χ2n) is 7.38. The van der Waals surface area contributed by atoms with Crippen molar-refractivity contribution < 1.29 is 9.90 Å². The zero-order chi connectivity index (χ0) is 15.5. The van der Waals surface area contributed by atoms with Gasteiger partial charge in [-0.3, -0.25) is 15.0 Å². The van der Waals surface area contributed by atoms with E-state index < -0.39 is 11.5 Å². The van der Waals surface area contributed by atoms with Crippen LogP contribution in [0.15, 0.2) is 0 Å². The Balaban J connectivity index is 1.73. The maximum Gasteiger partial charge on any atom is 0.323 e. The number of unbranched alkanes of at least 4 members (excludes halogenated alkanes) is 1. The van der Waals surface area contributed by atoms with E-state index in [4.69, 9.17) is 0 Å². The second-order valence-corrected chi connectivity index (χ2v) is 7.38. The van der Waals surface area contributed by atoms with Crippen LogP contribution in [0, 0.1) is 0 Å². The lowest BCUT2D eigenvalue weighted by molar-refractivity contribution is -0.144. The van der Waals surface area contributed by atoms with E-state index in [1.807, 2.05) is 6.92 Å². The van der Waals surface area contributed by atoms with Gasteiger partial charge in [0.25, 0.3) is 0 Å². The third-order valence-corrected chi connectivity index (χ3v) is 5.29. The molecule has 0 aromatic carbocycles. The van der Waals surface area contributed by atoms with Crippen LogP contribution in [0.1, 0.15) is 72.1 Å². The zero-order valence-corrected chi connectivity index (χ0v) is 13.9. The average Bonchev–Trinajstić information content (AvgIpc) is 3.21. The van der Waals surface area contributed by atoms with Crippen LogP contribution in [0.2, 0.25) is 0 Å². The van der Waals surface area contributed by atoms with Gasteiger partial charge in [0.15, 0.2) is 0 Å². The first-order valence-corrected chi connectivity index (χ1v) is 8.69. The molecule has 2 N–H and O–H groups in total. The van der Waals surface area contributed by atoms with Crippen molar-refractivity contribution in [3.05, 3.63) is 0 Å². The fourth-order valence-corrected chi connectivity index (χ4v) is 3.61. The first-order valence-electron chi connectivity index (χ1n) is 8.69. The van der Waals surface area contributed by atoms with Gasteiger partial charge in [-0.25, -0.2) is 0 Å². The van der Waals surface area contributed by atoms with Crippen LogP contribution in [0.5, 0.6) is 0 Å². The number of piperidine rings is 1. The molecule has 0 amide bonds. The van der Waals surface area contributed by atoms with Crippen molar-refractivity contribution >= 4 is 5.97 Å². The molecule has 1 saturated heterocycles. The molecule has 0 bridgehead atoms. The SMILES string of the molecule is C[C@@H]1CCC[C@H](C)N1CCCCC(C)(NC1CC1)C(=O)O. The van der Waals surface area contributed by atoms with Crippen molar-refractivity contribution in [1.29, 1.82) is 0 Å². The Labute approximate surface area is 129 Å². The molecular formula is C17H32N2O2. The van der Waals surface area contributed by atoms with E-state index >= 15 is 0 Å². The van der Waals surface area contributed by atoms with Crippen molar-refractivity contribution in [3.8, 4) is 0 Å². The Morgan fingerprint density at radius 1 is 1.19 bits per heavy atom. The highest BCUT2D eigenvalue weighted by molar-refractivity contribution is 5.78. The maximum absolute atomic E-state index is 11.5. The molecule has 1 heterocycles. The first-order chi connectivity index (χ1) is 9.92. The summed E-state index contributed by atoms with van der Waals surface area (Å²) in [6, 6.07) is 1.81. The summed E-state index contributed by atoms with van der Waals surface area (Å²) in [5.41, 5.74) is -0.736. The number of nitrogens with zero attached hydrogens (tertiary/aromatic N) is 1. The number of carboxylic acids is 1. The summed E-state index contributed by atoms with van der Waals surface area (Å²) in [7, 11) is 0. The number of carbonyl (C=O) groups is 1. The Bertz CT molecular complexity index is 347. The zero-order valence-electron chi connectivity index (χ0n) is 13.9. The molecule has 1 saturated carbocycles. The first kappa shape index (κ1) is 16.8. The van der Waals surface area contributed by atoms with Gasteiger partial charge in [0.1, 0.15) is 5.54 Å². The van der Waals surface area contributed by atoms with Gasteiger partial charge in [-0.15, -0.1) is 0 Å². The van der Waals surface area contributed by atoms with Gasteiger partial charge in [-0.2, -0.15) is 0 Å². The molecule has 4 nitrogen and oxygen atoms in total. The van der Waals surface area contributed by atoms with Crippen molar-refractivity contribution in [2.75, 3.05) is 6.54 Å². The molecule has 3 atom stereocenters. The highest BCUT2D eigenvalue weighted by atomic mass is 16.4. The smallest absolute Gasteiger partial charge is 0.323 e. The summed E-state index contributed by atoms with van der Waals surface area (Å²) >= 11 is 0. The minimum atomic E-state index is -0.736. The largest absolute Gasteiger partial charge is 0.480 e. The maximum atomic E-state index is 11.5. The van der Waals surface area contributed by atoms with E-state index in [-0.39, 0.29) is 0 Å². The van der Waals surface area contributed by atoms with Crippen molar-refractivity contribution in [2.24, 2.45) is 0 Å². The van der Waals surface area contributed by atoms with Gasteiger partial charge in [0.2, 0.25) is 0 Å². The number of hydrogen-bond acceptors (Lipinski definition) is 3. The molecule has 0 aromatic rings. The summed E-state index contributed by atoms with van der Waals surface area (Å²) < 4.78 is 0. The molecule has 0 aromatic heterocycles. The van der Waals surface area contributed by atoms with Gasteiger partial charge in [-0.05, 0) is 72.3 Å². The summed E-state index contributed by atoms with van der Waals surface area (Å²) in [6.07, 6.45) is 9.04. The predicted molar refractivity (Wildman–Crippen MR) is 85.5 cm³/mol. The quantitative estimate of drug-likeness (QED) is 0.676. The molecule has 1 aliphatic carbocycles. The molecule has 4 heteroatoms. The lowest BCUT2D eigenvalue weighted by Crippen LogP contribution is -2.50. The topological polar surface area (TPSA) is 52.6 Å². The highest BCUT2D eigenvalue weighted by Crippen LogP contribution is 2.26. The molecular weight excluding hydrogens is 264 g/mol. The van der Waals surface area contributed by atoms with E-state index in [0.29, 0.717) is 18.1 Å². The van der Waals surface area contributed by atoms with Crippen molar-refractivity contribution in [3.63, 3.8) is 0 Å². The number of carboxylic acid groups (broad SMARTS) is 1. The number of rotatable bonds is 8. The van der Waals surface area contributed by atoms with Crippen molar-refractivity contribution in [1.82, 2.24) is 10.2 Å². The van der Waals surface area contributed by atoms with E-state index in [1.54, 1.807) is 0 Å². The molecule has 2 aliphatic rings. The van der Waals surface area contributed by atoms with Gasteiger partial charge in [-0.1, -0.05) is 6.42 Å². The lowest BCUT2D eigenvalue weighted by Gasteiger charge is -2.39. The molecule has 2 fully saturated rings. The fraction of sp³-hybridized carbons (Fsp3) is 0.941. The van der Waals surface area contributed by atoms with E-state index in [0.717, 1.165) is 38.6 Å². The van der Waals surface area contributed by atoms with Crippen LogP contribution >= 0.6 is 0 Å². The lowest BCUT2D eigenvalue weighted by atomic mass is 9.93. The Morgan fingerprint density at radius 2 is 1.81 bits per heavy atom. The van der Waals surface area contributed by atoms with Gasteiger partial charge < -0.3 is 5.11 Å². The molecule has 0 radical (unpaired) electrons. The van der Waals surface area contributed by atoms with E-state index in [9.17, 15) is 9.90 Å². The highest BCUT2D eigenvalue weighted by Gasteiger charge is 2.37. The number of hydrogen-bond donors (Lipinski definition) is 2. The van der Waals surface area contributed by atoms with E-state index in [1.165, 1.54) is 19.3 Å². The van der Waals surface area contributed by atoms with Crippen molar-refractivity contribution in [2.45, 2.75) is 95.8 Å². The molecule has 2 rings (SSSR count). The van der Waals surface area contributed by atoms with Crippen LogP contribution in [0.4, 0.5) is 0 Å². The van der Waals surface area contributed by atoms with Gasteiger partial charge in [0, 0.05) is 18.1 Å². The monoisotopic (exact) mass is 296 g/mol. The molecule has 0 spiro atoms. The predicted octanol–water partition coefficient (Wildman–Crippen LogP) is 3.01. The molecule has 1 aliphatic heterocycles.